The highest BCUT2D eigenvalue weighted by molar-refractivity contribution is 7.27. The molecule has 0 N–H and O–H groups in total. The van der Waals surface area contributed by atoms with E-state index < -0.39 is 0 Å². The minimum absolute atomic E-state index is 1.28. The van der Waals surface area contributed by atoms with Gasteiger partial charge in [-0.1, -0.05) is 26.0 Å². The lowest BCUT2D eigenvalue weighted by molar-refractivity contribution is 1.28. The van der Waals surface area contributed by atoms with E-state index in [1.807, 2.05) is 13.8 Å². The first-order valence-electron chi connectivity index (χ1n) is 4.44. The van der Waals surface area contributed by atoms with Crippen molar-refractivity contribution in [1.29, 1.82) is 0 Å². The molecule has 0 aliphatic carbocycles. The van der Waals surface area contributed by atoms with Gasteiger partial charge in [0.1, 0.15) is 0 Å². The third-order valence-corrected chi connectivity index (χ3v) is 2.28. The summed E-state index contributed by atoms with van der Waals surface area (Å²) in [6.07, 6.45) is 0. The SMILES string of the molecule is CC.Cc1cc(P)cc(C)c1C. The summed E-state index contributed by atoms with van der Waals surface area (Å²) in [4.78, 5) is 0. The van der Waals surface area contributed by atoms with Crippen molar-refractivity contribution in [3.8, 4) is 0 Å². The maximum atomic E-state index is 2.72. The van der Waals surface area contributed by atoms with E-state index in [0.29, 0.717) is 0 Å². The van der Waals surface area contributed by atoms with Crippen molar-refractivity contribution in [3.05, 3.63) is 28.8 Å². The molecule has 68 valence electrons. The van der Waals surface area contributed by atoms with Gasteiger partial charge in [0.15, 0.2) is 0 Å². The van der Waals surface area contributed by atoms with Gasteiger partial charge >= 0.3 is 0 Å². The Morgan fingerprint density at radius 2 is 1.25 bits per heavy atom. The summed E-state index contributed by atoms with van der Waals surface area (Å²) in [5.41, 5.74) is 4.17. The summed E-state index contributed by atoms with van der Waals surface area (Å²) >= 11 is 0. The van der Waals surface area contributed by atoms with Crippen LogP contribution in [0.1, 0.15) is 30.5 Å². The van der Waals surface area contributed by atoms with E-state index in [0.717, 1.165) is 0 Å². The second kappa shape index (κ2) is 5.32. The van der Waals surface area contributed by atoms with Crippen LogP contribution in [0.4, 0.5) is 0 Å². The van der Waals surface area contributed by atoms with Gasteiger partial charge in [-0.2, -0.15) is 0 Å². The van der Waals surface area contributed by atoms with Crippen molar-refractivity contribution < 1.29 is 0 Å². The van der Waals surface area contributed by atoms with Crippen LogP contribution in [0.3, 0.4) is 0 Å². The molecule has 0 spiro atoms. The lowest BCUT2D eigenvalue weighted by Crippen LogP contribution is -1.96. The molecule has 1 aromatic carbocycles. The third kappa shape index (κ3) is 2.95. The van der Waals surface area contributed by atoms with Crippen LogP contribution in [0.25, 0.3) is 0 Å². The summed E-state index contributed by atoms with van der Waals surface area (Å²) in [6.45, 7) is 10.5. The van der Waals surface area contributed by atoms with Crippen LogP contribution in [0.5, 0.6) is 0 Å². The Labute approximate surface area is 78.6 Å². The molecule has 12 heavy (non-hydrogen) atoms. The highest BCUT2D eigenvalue weighted by Gasteiger charge is 1.96. The minimum atomic E-state index is 1.28. The van der Waals surface area contributed by atoms with Crippen LogP contribution < -0.4 is 5.30 Å². The summed E-state index contributed by atoms with van der Waals surface area (Å²) in [5.74, 6) is 0. The van der Waals surface area contributed by atoms with Crippen molar-refractivity contribution in [1.82, 2.24) is 0 Å². The van der Waals surface area contributed by atoms with E-state index in [4.69, 9.17) is 0 Å². The van der Waals surface area contributed by atoms with Crippen LogP contribution in [-0.4, -0.2) is 0 Å². The second-order valence-corrected chi connectivity index (χ2v) is 3.45. The summed E-state index contributed by atoms with van der Waals surface area (Å²) in [7, 11) is 2.72. The molecule has 0 bridgehead atoms. The molecule has 1 rings (SSSR count). The van der Waals surface area contributed by atoms with Crippen LogP contribution in [0.15, 0.2) is 12.1 Å². The molecule has 0 heterocycles. The molecule has 0 fully saturated rings. The van der Waals surface area contributed by atoms with Gasteiger partial charge in [0, 0.05) is 0 Å². The van der Waals surface area contributed by atoms with Gasteiger partial charge in [-0.3, -0.25) is 0 Å². The quantitative estimate of drug-likeness (QED) is 0.541. The zero-order chi connectivity index (χ0) is 9.72. The number of benzene rings is 1. The molecule has 0 aliphatic rings. The number of hydrogen-bond acceptors (Lipinski definition) is 0. The summed E-state index contributed by atoms with van der Waals surface area (Å²) < 4.78 is 0. The average molecular weight is 182 g/mol. The fraction of sp³-hybridized carbons (Fsp3) is 0.455. The Bertz CT molecular complexity index is 228. The Kier molecular flexibility index (Phi) is 5.17. The number of aryl methyl sites for hydroxylation is 2. The molecular weight excluding hydrogens is 163 g/mol. The Morgan fingerprint density at radius 1 is 0.917 bits per heavy atom. The molecule has 1 atom stereocenters. The average Bonchev–Trinajstić information content (AvgIpc) is 2.04. The van der Waals surface area contributed by atoms with Gasteiger partial charge in [-0.25, -0.2) is 0 Å². The zero-order valence-corrected chi connectivity index (χ0v) is 9.89. The molecule has 0 saturated carbocycles. The largest absolute Gasteiger partial charge is 0.106 e. The molecule has 1 aromatic rings. The molecular formula is C11H19P. The molecule has 0 aromatic heterocycles. The van der Waals surface area contributed by atoms with E-state index in [-0.39, 0.29) is 0 Å². The smallest absolute Gasteiger partial charge is 0.0297 e. The lowest BCUT2D eigenvalue weighted by atomic mass is 10.1. The number of hydrogen-bond donors (Lipinski definition) is 0. The first-order chi connectivity index (χ1) is 5.61. The predicted octanol–water partition coefficient (Wildman–Crippen LogP) is 3.14. The Hall–Kier alpha value is -0.350. The van der Waals surface area contributed by atoms with Crippen LogP contribution in [0, 0.1) is 20.8 Å². The lowest BCUT2D eigenvalue weighted by Gasteiger charge is -2.04. The van der Waals surface area contributed by atoms with Gasteiger partial charge in [0.05, 0.1) is 0 Å². The minimum Gasteiger partial charge on any atom is -0.106 e. The topological polar surface area (TPSA) is 0 Å². The van der Waals surface area contributed by atoms with Crippen LogP contribution in [0.2, 0.25) is 0 Å². The van der Waals surface area contributed by atoms with Gasteiger partial charge in [0.25, 0.3) is 0 Å². The fourth-order valence-electron chi connectivity index (χ4n) is 1.07. The molecule has 0 radical (unpaired) electrons. The molecule has 0 amide bonds. The normalized spacial score (nSPS) is 8.83. The van der Waals surface area contributed by atoms with Crippen LogP contribution in [-0.2, 0) is 0 Å². The maximum absolute atomic E-state index is 2.72. The van der Waals surface area contributed by atoms with E-state index in [9.17, 15) is 0 Å². The van der Waals surface area contributed by atoms with Crippen molar-refractivity contribution >= 4 is 14.5 Å². The van der Waals surface area contributed by atoms with Gasteiger partial charge in [-0.15, -0.1) is 9.24 Å². The highest BCUT2D eigenvalue weighted by atomic mass is 31.0. The molecule has 0 aliphatic heterocycles. The Morgan fingerprint density at radius 3 is 1.58 bits per heavy atom. The summed E-state index contributed by atoms with van der Waals surface area (Å²) in [5, 5.41) is 1.28. The zero-order valence-electron chi connectivity index (χ0n) is 8.73. The maximum Gasteiger partial charge on any atom is -0.0297 e. The molecule has 1 heteroatoms. The Balaban J connectivity index is 0.000000561. The fourth-order valence-corrected chi connectivity index (χ4v) is 1.57. The van der Waals surface area contributed by atoms with E-state index >= 15 is 0 Å². The van der Waals surface area contributed by atoms with Crippen LogP contribution >= 0.6 is 9.24 Å². The monoisotopic (exact) mass is 182 g/mol. The van der Waals surface area contributed by atoms with Crippen molar-refractivity contribution in [2.45, 2.75) is 34.6 Å². The third-order valence-electron chi connectivity index (χ3n) is 1.95. The first kappa shape index (κ1) is 11.6. The van der Waals surface area contributed by atoms with E-state index in [1.54, 1.807) is 0 Å². The van der Waals surface area contributed by atoms with Gasteiger partial charge in [-0.05, 0) is 42.8 Å². The van der Waals surface area contributed by atoms with E-state index in [2.05, 4.69) is 42.1 Å². The predicted molar refractivity (Wildman–Crippen MR) is 61.3 cm³/mol. The number of rotatable bonds is 0. The molecule has 0 nitrogen and oxygen atoms in total. The second-order valence-electron chi connectivity index (χ2n) is 2.78. The van der Waals surface area contributed by atoms with Crippen molar-refractivity contribution in [2.75, 3.05) is 0 Å². The molecule has 0 saturated heterocycles. The molecule has 1 unspecified atom stereocenters. The van der Waals surface area contributed by atoms with Gasteiger partial charge < -0.3 is 0 Å². The first-order valence-corrected chi connectivity index (χ1v) is 5.02. The summed E-state index contributed by atoms with van der Waals surface area (Å²) in [6, 6.07) is 4.38. The van der Waals surface area contributed by atoms with E-state index in [1.165, 1.54) is 22.0 Å². The van der Waals surface area contributed by atoms with Gasteiger partial charge in [0.2, 0.25) is 0 Å². The van der Waals surface area contributed by atoms with Crippen molar-refractivity contribution in [3.63, 3.8) is 0 Å². The highest BCUT2D eigenvalue weighted by Crippen LogP contribution is 2.10. The standard InChI is InChI=1S/C9H13P.C2H6/c1-6-4-9(10)5-7(2)8(6)3;1-2/h4-5H,10H2,1-3H3;1-2H3. The van der Waals surface area contributed by atoms with Crippen molar-refractivity contribution in [2.24, 2.45) is 0 Å².